The van der Waals surface area contributed by atoms with Crippen LogP contribution in [0, 0.1) is 13.8 Å². The molecule has 0 aliphatic rings. The third-order valence-electron chi connectivity index (χ3n) is 3.40. The molecule has 0 aliphatic carbocycles. The van der Waals surface area contributed by atoms with Gasteiger partial charge in [-0.2, -0.15) is 0 Å². The van der Waals surface area contributed by atoms with Crippen LogP contribution >= 0.6 is 0 Å². The van der Waals surface area contributed by atoms with E-state index in [1.165, 1.54) is 13.8 Å². The minimum atomic E-state index is -0.405. The molecular formula is C16H22O6. The van der Waals surface area contributed by atoms with E-state index in [-0.39, 0.29) is 13.2 Å². The molecule has 0 amide bonds. The summed E-state index contributed by atoms with van der Waals surface area (Å²) in [5, 5.41) is 0. The van der Waals surface area contributed by atoms with Gasteiger partial charge in [0.1, 0.15) is 24.7 Å². The van der Waals surface area contributed by atoms with E-state index >= 15 is 0 Å². The first-order chi connectivity index (χ1) is 10.3. The van der Waals surface area contributed by atoms with Gasteiger partial charge in [-0.25, -0.2) is 0 Å². The molecule has 0 radical (unpaired) electrons. The van der Waals surface area contributed by atoms with Gasteiger partial charge in [0.25, 0.3) is 0 Å². The molecule has 1 aromatic carbocycles. The van der Waals surface area contributed by atoms with Gasteiger partial charge in [0, 0.05) is 25.0 Å². The van der Waals surface area contributed by atoms with Crippen LogP contribution in [-0.2, 0) is 32.3 Å². The number of methoxy groups -OCH3 is 2. The Kier molecular flexibility index (Phi) is 6.22. The lowest BCUT2D eigenvalue weighted by Crippen LogP contribution is -2.11. The first-order valence-corrected chi connectivity index (χ1v) is 6.83. The Morgan fingerprint density at radius 1 is 0.773 bits per heavy atom. The number of carbonyl (C=O) groups excluding carboxylic acids is 2. The molecule has 0 aromatic heterocycles. The second-order valence-corrected chi connectivity index (χ2v) is 4.83. The molecule has 0 bridgehead atoms. The first-order valence-electron chi connectivity index (χ1n) is 6.83. The van der Waals surface area contributed by atoms with Crippen molar-refractivity contribution in [3.05, 3.63) is 22.3 Å². The SMILES string of the molecule is COc1c(C)c(C)c(OC)c(COC(C)=O)c1COC(C)=O. The number of carbonyl (C=O) groups is 2. The molecule has 6 heteroatoms. The molecule has 0 fully saturated rings. The van der Waals surface area contributed by atoms with Gasteiger partial charge in [0.15, 0.2) is 0 Å². The van der Waals surface area contributed by atoms with Crippen molar-refractivity contribution in [2.24, 2.45) is 0 Å². The Bertz CT molecular complexity index is 526. The van der Waals surface area contributed by atoms with Crippen LogP contribution in [0.15, 0.2) is 0 Å². The Hall–Kier alpha value is -2.24. The van der Waals surface area contributed by atoms with E-state index in [0.29, 0.717) is 22.6 Å². The van der Waals surface area contributed by atoms with Gasteiger partial charge in [-0.15, -0.1) is 0 Å². The molecule has 0 unspecified atom stereocenters. The van der Waals surface area contributed by atoms with Gasteiger partial charge in [0.2, 0.25) is 0 Å². The molecular weight excluding hydrogens is 288 g/mol. The Morgan fingerprint density at radius 3 is 1.32 bits per heavy atom. The van der Waals surface area contributed by atoms with Crippen molar-refractivity contribution < 1.29 is 28.5 Å². The topological polar surface area (TPSA) is 71.1 Å². The fraction of sp³-hybridized carbons (Fsp3) is 0.500. The van der Waals surface area contributed by atoms with Gasteiger partial charge >= 0.3 is 11.9 Å². The quantitative estimate of drug-likeness (QED) is 0.752. The average Bonchev–Trinajstić information content (AvgIpc) is 2.45. The van der Waals surface area contributed by atoms with E-state index < -0.39 is 11.9 Å². The van der Waals surface area contributed by atoms with Gasteiger partial charge in [-0.1, -0.05) is 0 Å². The minimum Gasteiger partial charge on any atom is -0.496 e. The normalized spacial score (nSPS) is 10.1. The third-order valence-corrected chi connectivity index (χ3v) is 3.40. The molecule has 0 atom stereocenters. The largest absolute Gasteiger partial charge is 0.496 e. The zero-order valence-corrected chi connectivity index (χ0v) is 13.9. The van der Waals surface area contributed by atoms with E-state index in [1.807, 2.05) is 13.8 Å². The summed E-state index contributed by atoms with van der Waals surface area (Å²) in [5.74, 6) is 0.388. The van der Waals surface area contributed by atoms with Crippen LogP contribution in [0.25, 0.3) is 0 Å². The van der Waals surface area contributed by atoms with Crippen LogP contribution in [0.1, 0.15) is 36.1 Å². The first kappa shape index (κ1) is 17.8. The van der Waals surface area contributed by atoms with Crippen LogP contribution < -0.4 is 9.47 Å². The maximum absolute atomic E-state index is 11.1. The van der Waals surface area contributed by atoms with Gasteiger partial charge in [-0.05, 0) is 25.0 Å². The van der Waals surface area contributed by atoms with E-state index in [1.54, 1.807) is 14.2 Å². The van der Waals surface area contributed by atoms with Crippen LogP contribution in [-0.4, -0.2) is 26.2 Å². The maximum atomic E-state index is 11.1. The van der Waals surface area contributed by atoms with E-state index in [0.717, 1.165) is 11.1 Å². The number of rotatable bonds is 6. The molecule has 0 N–H and O–H groups in total. The Morgan fingerprint density at radius 2 is 1.09 bits per heavy atom. The standard InChI is InChI=1S/C16H22O6/c1-9-10(2)16(20-6)14(8-22-12(4)18)13(15(9)19-5)7-21-11(3)17/h7-8H2,1-6H3. The van der Waals surface area contributed by atoms with Crippen LogP contribution in [0.5, 0.6) is 11.5 Å². The molecule has 0 aliphatic heterocycles. The maximum Gasteiger partial charge on any atom is 0.302 e. The smallest absolute Gasteiger partial charge is 0.302 e. The van der Waals surface area contributed by atoms with Crippen LogP contribution in [0.2, 0.25) is 0 Å². The van der Waals surface area contributed by atoms with E-state index in [2.05, 4.69) is 0 Å². The Balaban J connectivity index is 3.46. The summed E-state index contributed by atoms with van der Waals surface area (Å²) in [5.41, 5.74) is 3.04. The zero-order chi connectivity index (χ0) is 16.9. The van der Waals surface area contributed by atoms with Gasteiger partial charge < -0.3 is 18.9 Å². The summed E-state index contributed by atoms with van der Waals surface area (Å²) >= 11 is 0. The molecule has 0 spiro atoms. The van der Waals surface area contributed by atoms with Gasteiger partial charge in [-0.3, -0.25) is 9.59 Å². The number of esters is 2. The molecule has 6 nitrogen and oxygen atoms in total. The van der Waals surface area contributed by atoms with Crippen molar-refractivity contribution in [3.8, 4) is 11.5 Å². The lowest BCUT2D eigenvalue weighted by Gasteiger charge is -2.21. The molecule has 22 heavy (non-hydrogen) atoms. The van der Waals surface area contributed by atoms with Crippen LogP contribution in [0.4, 0.5) is 0 Å². The predicted molar refractivity (Wildman–Crippen MR) is 80.0 cm³/mol. The summed E-state index contributed by atoms with van der Waals surface area (Å²) in [6, 6.07) is 0. The highest BCUT2D eigenvalue weighted by Gasteiger charge is 2.22. The number of ether oxygens (including phenoxy) is 4. The van der Waals surface area contributed by atoms with E-state index in [4.69, 9.17) is 18.9 Å². The number of hydrogen-bond donors (Lipinski definition) is 0. The molecule has 0 heterocycles. The van der Waals surface area contributed by atoms with Crippen molar-refractivity contribution in [2.45, 2.75) is 40.9 Å². The summed E-state index contributed by atoms with van der Waals surface area (Å²) < 4.78 is 21.1. The van der Waals surface area contributed by atoms with E-state index in [9.17, 15) is 9.59 Å². The predicted octanol–water partition coefficient (Wildman–Crippen LogP) is 2.45. The lowest BCUT2D eigenvalue weighted by molar-refractivity contribution is -0.144. The summed E-state index contributed by atoms with van der Waals surface area (Å²) in [6.45, 7) is 6.49. The minimum absolute atomic E-state index is 0.0204. The summed E-state index contributed by atoms with van der Waals surface area (Å²) in [7, 11) is 3.09. The fourth-order valence-corrected chi connectivity index (χ4v) is 2.27. The highest BCUT2D eigenvalue weighted by Crippen LogP contribution is 2.39. The van der Waals surface area contributed by atoms with Crippen molar-refractivity contribution in [1.29, 1.82) is 0 Å². The second-order valence-electron chi connectivity index (χ2n) is 4.83. The lowest BCUT2D eigenvalue weighted by atomic mass is 9.97. The molecule has 0 saturated heterocycles. The monoisotopic (exact) mass is 310 g/mol. The molecule has 1 rings (SSSR count). The Labute approximate surface area is 130 Å². The molecule has 1 aromatic rings. The molecule has 0 saturated carbocycles. The number of benzene rings is 1. The average molecular weight is 310 g/mol. The van der Waals surface area contributed by atoms with Gasteiger partial charge in [0.05, 0.1) is 14.2 Å². The van der Waals surface area contributed by atoms with Crippen LogP contribution in [0.3, 0.4) is 0 Å². The molecule has 122 valence electrons. The van der Waals surface area contributed by atoms with Crippen molar-refractivity contribution in [3.63, 3.8) is 0 Å². The summed E-state index contributed by atoms with van der Waals surface area (Å²) in [6.07, 6.45) is 0. The zero-order valence-electron chi connectivity index (χ0n) is 13.9. The highest BCUT2D eigenvalue weighted by atomic mass is 16.5. The third kappa shape index (κ3) is 3.90. The van der Waals surface area contributed by atoms with Crippen molar-refractivity contribution >= 4 is 11.9 Å². The summed E-state index contributed by atoms with van der Waals surface area (Å²) in [4.78, 5) is 22.2. The fourth-order valence-electron chi connectivity index (χ4n) is 2.27. The number of hydrogen-bond acceptors (Lipinski definition) is 6. The second kappa shape index (κ2) is 7.68. The highest BCUT2D eigenvalue weighted by molar-refractivity contribution is 5.67. The van der Waals surface area contributed by atoms with Crippen molar-refractivity contribution in [2.75, 3.05) is 14.2 Å². The van der Waals surface area contributed by atoms with Crippen molar-refractivity contribution in [1.82, 2.24) is 0 Å².